The Bertz CT molecular complexity index is 569. The first kappa shape index (κ1) is 15.8. The first-order chi connectivity index (χ1) is 9.73. The van der Waals surface area contributed by atoms with Crippen molar-refractivity contribution in [3.05, 3.63) is 21.4 Å². The molecule has 2 rings (SSSR count). The summed E-state index contributed by atoms with van der Waals surface area (Å²) in [5, 5.41) is 12.2. The van der Waals surface area contributed by atoms with Crippen molar-refractivity contribution < 1.29 is 14.7 Å². The molecule has 21 heavy (non-hydrogen) atoms. The molecule has 0 aromatic carbocycles. The van der Waals surface area contributed by atoms with Crippen LogP contribution >= 0.6 is 11.3 Å². The van der Waals surface area contributed by atoms with Gasteiger partial charge in [-0.25, -0.2) is 4.79 Å². The van der Waals surface area contributed by atoms with Crippen LogP contribution in [-0.2, 0) is 4.79 Å². The van der Waals surface area contributed by atoms with E-state index in [1.165, 1.54) is 9.75 Å². The van der Waals surface area contributed by atoms with Gasteiger partial charge in [0.2, 0.25) is 0 Å². The molecule has 2 amide bonds. The minimum absolute atomic E-state index is 0.0702. The Morgan fingerprint density at radius 3 is 2.62 bits per heavy atom. The molecule has 1 aliphatic rings. The van der Waals surface area contributed by atoms with Gasteiger partial charge < -0.3 is 15.3 Å². The number of amides is 2. The molecule has 0 bridgehead atoms. The standard InChI is InChI=1S/C15H22N2O3S/c1-9-7-12(11(3)21-9)10(2)16-14(20)17-6-5-15(4,8-17)13(18)19/h7,10H,5-6,8H2,1-4H3,(H,16,20)(H,18,19). The van der Waals surface area contributed by atoms with Crippen LogP contribution in [0.1, 0.15) is 41.6 Å². The number of aryl methyl sites for hydroxylation is 2. The molecule has 1 aliphatic heterocycles. The molecule has 0 aliphatic carbocycles. The summed E-state index contributed by atoms with van der Waals surface area (Å²) in [4.78, 5) is 27.5. The number of nitrogens with zero attached hydrogens (tertiary/aromatic N) is 1. The van der Waals surface area contributed by atoms with E-state index in [-0.39, 0.29) is 18.6 Å². The number of carboxylic acid groups (broad SMARTS) is 1. The average Bonchev–Trinajstić information content (AvgIpc) is 2.93. The molecule has 5 nitrogen and oxygen atoms in total. The van der Waals surface area contributed by atoms with E-state index >= 15 is 0 Å². The van der Waals surface area contributed by atoms with Crippen molar-refractivity contribution in [1.29, 1.82) is 0 Å². The van der Waals surface area contributed by atoms with Crippen LogP contribution in [0.3, 0.4) is 0 Å². The van der Waals surface area contributed by atoms with Crippen molar-refractivity contribution in [2.75, 3.05) is 13.1 Å². The summed E-state index contributed by atoms with van der Waals surface area (Å²) >= 11 is 1.72. The van der Waals surface area contributed by atoms with Gasteiger partial charge in [-0.15, -0.1) is 11.3 Å². The number of thiophene rings is 1. The van der Waals surface area contributed by atoms with Crippen LogP contribution in [0.25, 0.3) is 0 Å². The third-order valence-electron chi connectivity index (χ3n) is 4.16. The third-order valence-corrected chi connectivity index (χ3v) is 5.14. The van der Waals surface area contributed by atoms with Crippen LogP contribution in [0.4, 0.5) is 4.79 Å². The second-order valence-corrected chi connectivity index (χ2v) is 7.54. The number of carboxylic acids is 1. The highest BCUT2D eigenvalue weighted by molar-refractivity contribution is 7.12. The second kappa shape index (κ2) is 5.67. The van der Waals surface area contributed by atoms with Crippen molar-refractivity contribution in [1.82, 2.24) is 10.2 Å². The summed E-state index contributed by atoms with van der Waals surface area (Å²) in [6.45, 7) is 8.50. The number of rotatable bonds is 3. The summed E-state index contributed by atoms with van der Waals surface area (Å²) in [5.74, 6) is -0.838. The highest BCUT2D eigenvalue weighted by Crippen LogP contribution is 2.31. The topological polar surface area (TPSA) is 69.6 Å². The first-order valence-electron chi connectivity index (χ1n) is 7.09. The minimum Gasteiger partial charge on any atom is -0.481 e. The fraction of sp³-hybridized carbons (Fsp3) is 0.600. The third kappa shape index (κ3) is 3.20. The van der Waals surface area contributed by atoms with E-state index in [0.717, 1.165) is 5.56 Å². The Kier molecular flexibility index (Phi) is 4.27. The highest BCUT2D eigenvalue weighted by atomic mass is 32.1. The number of carbonyl (C=O) groups excluding carboxylic acids is 1. The SMILES string of the molecule is Cc1cc(C(C)NC(=O)N2CCC(C)(C(=O)O)C2)c(C)s1. The number of carbonyl (C=O) groups is 2. The zero-order chi connectivity index (χ0) is 15.8. The molecule has 116 valence electrons. The predicted molar refractivity (Wildman–Crippen MR) is 82.7 cm³/mol. The number of hydrogen-bond acceptors (Lipinski definition) is 3. The second-order valence-electron chi connectivity index (χ2n) is 6.08. The molecule has 6 heteroatoms. The maximum atomic E-state index is 12.3. The van der Waals surface area contributed by atoms with Crippen LogP contribution in [0, 0.1) is 19.3 Å². The van der Waals surface area contributed by atoms with Crippen LogP contribution < -0.4 is 5.32 Å². The zero-order valence-corrected chi connectivity index (χ0v) is 13.7. The summed E-state index contributed by atoms with van der Waals surface area (Å²) in [5.41, 5.74) is 0.307. The van der Waals surface area contributed by atoms with E-state index in [9.17, 15) is 14.7 Å². The predicted octanol–water partition coefficient (Wildman–Crippen LogP) is 2.93. The number of nitrogens with one attached hydrogen (secondary N) is 1. The van der Waals surface area contributed by atoms with Gasteiger partial charge in [-0.2, -0.15) is 0 Å². The quantitative estimate of drug-likeness (QED) is 0.902. The van der Waals surface area contributed by atoms with Gasteiger partial charge in [0, 0.05) is 22.8 Å². The lowest BCUT2D eigenvalue weighted by Crippen LogP contribution is -2.41. The Labute approximate surface area is 129 Å². The van der Waals surface area contributed by atoms with Crippen molar-refractivity contribution in [2.24, 2.45) is 5.41 Å². The van der Waals surface area contributed by atoms with Crippen LogP contribution in [0.15, 0.2) is 6.07 Å². The maximum absolute atomic E-state index is 12.3. The minimum atomic E-state index is -0.838. The smallest absolute Gasteiger partial charge is 0.317 e. The zero-order valence-electron chi connectivity index (χ0n) is 12.9. The van der Waals surface area contributed by atoms with Gasteiger partial charge in [0.1, 0.15) is 0 Å². The van der Waals surface area contributed by atoms with Crippen molar-refractivity contribution in [2.45, 2.75) is 40.2 Å². The van der Waals surface area contributed by atoms with Gasteiger partial charge >= 0.3 is 12.0 Å². The molecule has 2 heterocycles. The Balaban J connectivity index is 1.99. The molecule has 0 spiro atoms. The summed E-state index contributed by atoms with van der Waals surface area (Å²) in [6, 6.07) is 1.84. The summed E-state index contributed by atoms with van der Waals surface area (Å²) in [6.07, 6.45) is 0.501. The molecule has 1 aromatic rings. The van der Waals surface area contributed by atoms with E-state index in [1.54, 1.807) is 23.2 Å². The van der Waals surface area contributed by atoms with Gasteiger partial charge in [-0.1, -0.05) is 0 Å². The van der Waals surface area contributed by atoms with E-state index in [4.69, 9.17) is 0 Å². The van der Waals surface area contributed by atoms with Gasteiger partial charge in [0.25, 0.3) is 0 Å². The normalized spacial score (nSPS) is 23.1. The van der Waals surface area contributed by atoms with Crippen LogP contribution in [-0.4, -0.2) is 35.1 Å². The number of hydrogen-bond donors (Lipinski definition) is 2. The Morgan fingerprint density at radius 2 is 2.14 bits per heavy atom. The van der Waals surface area contributed by atoms with Crippen molar-refractivity contribution in [3.63, 3.8) is 0 Å². The van der Waals surface area contributed by atoms with Crippen molar-refractivity contribution in [3.8, 4) is 0 Å². The molecule has 1 saturated heterocycles. The number of urea groups is 1. The average molecular weight is 310 g/mol. The molecular weight excluding hydrogens is 288 g/mol. The fourth-order valence-electron chi connectivity index (χ4n) is 2.74. The monoisotopic (exact) mass is 310 g/mol. The van der Waals surface area contributed by atoms with E-state index in [1.807, 2.05) is 13.8 Å². The summed E-state index contributed by atoms with van der Waals surface area (Å²) < 4.78 is 0. The Hall–Kier alpha value is -1.56. The fourth-order valence-corrected chi connectivity index (χ4v) is 3.77. The van der Waals surface area contributed by atoms with Crippen LogP contribution in [0.5, 0.6) is 0 Å². The molecule has 0 saturated carbocycles. The number of aliphatic carboxylic acids is 1. The van der Waals surface area contributed by atoms with Gasteiger partial charge in [-0.05, 0) is 45.7 Å². The molecule has 0 radical (unpaired) electrons. The molecule has 1 aromatic heterocycles. The van der Waals surface area contributed by atoms with E-state index in [2.05, 4.69) is 18.3 Å². The lowest BCUT2D eigenvalue weighted by atomic mass is 9.90. The maximum Gasteiger partial charge on any atom is 0.317 e. The van der Waals surface area contributed by atoms with Gasteiger partial charge in [0.05, 0.1) is 11.5 Å². The lowest BCUT2D eigenvalue weighted by Gasteiger charge is -2.23. The number of likely N-dealkylation sites (tertiary alicyclic amines) is 1. The summed E-state index contributed by atoms with van der Waals surface area (Å²) in [7, 11) is 0. The highest BCUT2D eigenvalue weighted by Gasteiger charge is 2.42. The molecule has 2 N–H and O–H groups in total. The molecule has 1 fully saturated rings. The van der Waals surface area contributed by atoms with Crippen molar-refractivity contribution >= 4 is 23.3 Å². The first-order valence-corrected chi connectivity index (χ1v) is 7.90. The van der Waals surface area contributed by atoms with E-state index in [0.29, 0.717) is 13.0 Å². The van der Waals surface area contributed by atoms with Gasteiger partial charge in [-0.3, -0.25) is 4.79 Å². The Morgan fingerprint density at radius 1 is 1.48 bits per heavy atom. The molecular formula is C15H22N2O3S. The van der Waals surface area contributed by atoms with Crippen LogP contribution in [0.2, 0.25) is 0 Å². The van der Waals surface area contributed by atoms with E-state index < -0.39 is 11.4 Å². The van der Waals surface area contributed by atoms with Gasteiger partial charge in [0.15, 0.2) is 0 Å². The largest absolute Gasteiger partial charge is 0.481 e. The lowest BCUT2D eigenvalue weighted by molar-refractivity contribution is -0.146. The molecule has 2 atom stereocenters. The molecule has 2 unspecified atom stereocenters.